The summed E-state index contributed by atoms with van der Waals surface area (Å²) in [7, 11) is 0. The minimum atomic E-state index is -0.193. The molecule has 0 saturated heterocycles. The molecule has 1 aromatic carbocycles. The smallest absolute Gasteiger partial charge is 0.137 e. The second-order valence-electron chi connectivity index (χ2n) is 4.02. The molecule has 0 spiro atoms. The molecule has 0 radical (unpaired) electrons. The highest BCUT2D eigenvalue weighted by atomic mass is 79.9. The summed E-state index contributed by atoms with van der Waals surface area (Å²) in [5, 5.41) is 0. The summed E-state index contributed by atoms with van der Waals surface area (Å²) in [6, 6.07) is 5.25. The van der Waals surface area contributed by atoms with Crippen molar-refractivity contribution in [2.75, 3.05) is 13.1 Å². The summed E-state index contributed by atoms with van der Waals surface area (Å²) in [5.41, 5.74) is 1.16. The molecule has 1 rings (SSSR count). The number of halogens is 2. The molecule has 16 heavy (non-hydrogen) atoms. The topological polar surface area (TPSA) is 3.24 Å². The van der Waals surface area contributed by atoms with Crippen LogP contribution in [0.5, 0.6) is 0 Å². The van der Waals surface area contributed by atoms with Gasteiger partial charge in [0, 0.05) is 6.54 Å². The summed E-state index contributed by atoms with van der Waals surface area (Å²) < 4.78 is 13.6. The van der Waals surface area contributed by atoms with Gasteiger partial charge in [-0.1, -0.05) is 19.9 Å². The van der Waals surface area contributed by atoms with E-state index in [1.807, 2.05) is 12.1 Å². The summed E-state index contributed by atoms with van der Waals surface area (Å²) in [5.74, 6) is -0.193. The van der Waals surface area contributed by atoms with Crippen molar-refractivity contribution in [1.82, 2.24) is 4.90 Å². The molecule has 3 heteroatoms. The Balaban J connectivity index is 2.65. The predicted molar refractivity (Wildman–Crippen MR) is 70.0 cm³/mol. The normalized spacial score (nSPS) is 11.1. The van der Waals surface area contributed by atoms with Crippen molar-refractivity contribution in [2.45, 2.75) is 33.2 Å². The molecule has 0 fully saturated rings. The molecule has 0 aliphatic carbocycles. The lowest BCUT2D eigenvalue weighted by molar-refractivity contribution is 0.266. The van der Waals surface area contributed by atoms with E-state index >= 15 is 0 Å². The van der Waals surface area contributed by atoms with Crippen molar-refractivity contribution in [3.63, 3.8) is 0 Å². The van der Waals surface area contributed by atoms with Crippen molar-refractivity contribution in [3.05, 3.63) is 34.1 Å². The maximum atomic E-state index is 13.1. The van der Waals surface area contributed by atoms with Crippen molar-refractivity contribution in [1.29, 1.82) is 0 Å². The third kappa shape index (κ3) is 4.22. The van der Waals surface area contributed by atoms with Crippen LogP contribution in [0.1, 0.15) is 32.3 Å². The molecule has 0 heterocycles. The molecule has 0 unspecified atom stereocenters. The fourth-order valence-corrected chi connectivity index (χ4v) is 2.22. The van der Waals surface area contributed by atoms with Crippen LogP contribution >= 0.6 is 15.9 Å². The standard InChI is InChI=1S/C13H19BrFN/c1-3-7-16(8-4-2)10-11-5-6-13(15)12(14)9-11/h5-6,9H,3-4,7-8,10H2,1-2H3. The summed E-state index contributed by atoms with van der Waals surface area (Å²) in [6.07, 6.45) is 2.31. The molecular formula is C13H19BrFN. The minimum Gasteiger partial charge on any atom is -0.299 e. The summed E-state index contributed by atoms with van der Waals surface area (Å²) in [4.78, 5) is 2.40. The van der Waals surface area contributed by atoms with Crippen LogP contribution in [0, 0.1) is 5.82 Å². The number of nitrogens with zero attached hydrogens (tertiary/aromatic N) is 1. The predicted octanol–water partition coefficient (Wildman–Crippen LogP) is 4.21. The first-order valence-corrected chi connectivity index (χ1v) is 6.63. The molecule has 90 valence electrons. The van der Waals surface area contributed by atoms with Crippen molar-refractivity contribution in [3.8, 4) is 0 Å². The van der Waals surface area contributed by atoms with Gasteiger partial charge in [-0.05, 0) is 59.6 Å². The molecule has 1 nitrogen and oxygen atoms in total. The van der Waals surface area contributed by atoms with Gasteiger partial charge < -0.3 is 0 Å². The number of benzene rings is 1. The van der Waals surface area contributed by atoms with Crippen molar-refractivity contribution >= 4 is 15.9 Å². The molecule has 0 aromatic heterocycles. The Kier molecular flexibility index (Phi) is 5.99. The van der Waals surface area contributed by atoms with Gasteiger partial charge >= 0.3 is 0 Å². The fraction of sp³-hybridized carbons (Fsp3) is 0.538. The molecule has 0 bridgehead atoms. The van der Waals surface area contributed by atoms with E-state index in [1.54, 1.807) is 0 Å². The third-order valence-corrected chi connectivity index (χ3v) is 3.08. The third-order valence-electron chi connectivity index (χ3n) is 2.47. The van der Waals surface area contributed by atoms with Crippen LogP contribution in [-0.2, 0) is 6.54 Å². The Hall–Kier alpha value is -0.410. The van der Waals surface area contributed by atoms with Crippen molar-refractivity contribution in [2.24, 2.45) is 0 Å². The zero-order valence-electron chi connectivity index (χ0n) is 9.97. The Labute approximate surface area is 106 Å². The Morgan fingerprint density at radius 2 is 1.81 bits per heavy atom. The Morgan fingerprint density at radius 1 is 1.19 bits per heavy atom. The lowest BCUT2D eigenvalue weighted by Gasteiger charge is -2.21. The molecule has 0 N–H and O–H groups in total. The highest BCUT2D eigenvalue weighted by Crippen LogP contribution is 2.18. The van der Waals surface area contributed by atoms with E-state index in [-0.39, 0.29) is 5.82 Å². The van der Waals surface area contributed by atoms with E-state index in [0.29, 0.717) is 4.47 Å². The molecule has 0 amide bonds. The van der Waals surface area contributed by atoms with Crippen molar-refractivity contribution < 1.29 is 4.39 Å². The van der Waals surface area contributed by atoms with E-state index in [2.05, 4.69) is 34.7 Å². The summed E-state index contributed by atoms with van der Waals surface area (Å²) in [6.45, 7) is 7.47. The van der Waals surface area contributed by atoms with E-state index in [1.165, 1.54) is 6.07 Å². The van der Waals surface area contributed by atoms with Gasteiger partial charge in [0.2, 0.25) is 0 Å². The average Bonchev–Trinajstić information content (AvgIpc) is 2.24. The minimum absolute atomic E-state index is 0.193. The van der Waals surface area contributed by atoms with Gasteiger partial charge in [-0.3, -0.25) is 4.90 Å². The monoisotopic (exact) mass is 287 g/mol. The van der Waals surface area contributed by atoms with E-state index in [0.717, 1.165) is 38.0 Å². The largest absolute Gasteiger partial charge is 0.299 e. The Morgan fingerprint density at radius 3 is 2.31 bits per heavy atom. The first-order valence-electron chi connectivity index (χ1n) is 5.83. The second kappa shape index (κ2) is 7.02. The van der Waals surface area contributed by atoms with Crippen LogP contribution in [0.3, 0.4) is 0 Å². The molecule has 0 saturated carbocycles. The van der Waals surface area contributed by atoms with Crippen LogP contribution in [0.25, 0.3) is 0 Å². The van der Waals surface area contributed by atoms with Crippen LogP contribution in [0.4, 0.5) is 4.39 Å². The number of hydrogen-bond donors (Lipinski definition) is 0. The van der Waals surface area contributed by atoms with Gasteiger partial charge in [-0.25, -0.2) is 4.39 Å². The van der Waals surface area contributed by atoms with Gasteiger partial charge in [0.25, 0.3) is 0 Å². The van der Waals surface area contributed by atoms with Crippen LogP contribution < -0.4 is 0 Å². The zero-order valence-corrected chi connectivity index (χ0v) is 11.6. The highest BCUT2D eigenvalue weighted by molar-refractivity contribution is 9.10. The number of hydrogen-bond acceptors (Lipinski definition) is 1. The van der Waals surface area contributed by atoms with Gasteiger partial charge in [-0.15, -0.1) is 0 Å². The average molecular weight is 288 g/mol. The maximum Gasteiger partial charge on any atom is 0.137 e. The molecule has 0 atom stereocenters. The second-order valence-corrected chi connectivity index (χ2v) is 4.88. The van der Waals surface area contributed by atoms with Crippen LogP contribution in [-0.4, -0.2) is 18.0 Å². The molecule has 0 aliphatic rings. The quantitative estimate of drug-likeness (QED) is 0.758. The number of rotatable bonds is 6. The van der Waals surface area contributed by atoms with Crippen LogP contribution in [0.15, 0.2) is 22.7 Å². The Bertz CT molecular complexity index is 322. The molecule has 0 aliphatic heterocycles. The fourth-order valence-electron chi connectivity index (χ4n) is 1.80. The molecular weight excluding hydrogens is 269 g/mol. The lowest BCUT2D eigenvalue weighted by Crippen LogP contribution is -2.24. The first kappa shape index (κ1) is 13.7. The molecule has 1 aromatic rings. The zero-order chi connectivity index (χ0) is 12.0. The summed E-state index contributed by atoms with van der Waals surface area (Å²) >= 11 is 3.22. The van der Waals surface area contributed by atoms with E-state index in [4.69, 9.17) is 0 Å². The SMILES string of the molecule is CCCN(CCC)Cc1ccc(F)c(Br)c1. The van der Waals surface area contributed by atoms with Gasteiger partial charge in [0.1, 0.15) is 5.82 Å². The van der Waals surface area contributed by atoms with Gasteiger partial charge in [0.15, 0.2) is 0 Å². The van der Waals surface area contributed by atoms with Crippen LogP contribution in [0.2, 0.25) is 0 Å². The lowest BCUT2D eigenvalue weighted by atomic mass is 10.2. The van der Waals surface area contributed by atoms with E-state index < -0.39 is 0 Å². The maximum absolute atomic E-state index is 13.1. The van der Waals surface area contributed by atoms with Gasteiger partial charge in [0.05, 0.1) is 4.47 Å². The van der Waals surface area contributed by atoms with E-state index in [9.17, 15) is 4.39 Å². The first-order chi connectivity index (χ1) is 7.67. The van der Waals surface area contributed by atoms with Gasteiger partial charge in [-0.2, -0.15) is 0 Å². The highest BCUT2D eigenvalue weighted by Gasteiger charge is 2.06.